The van der Waals surface area contributed by atoms with Crippen LogP contribution in [-0.2, 0) is 12.8 Å². The number of thiophene rings is 1. The third-order valence-corrected chi connectivity index (χ3v) is 6.79. The molecule has 118 valence electrons. The van der Waals surface area contributed by atoms with Crippen LogP contribution in [0.15, 0.2) is 5.38 Å². The number of aromatic nitrogens is 1. The van der Waals surface area contributed by atoms with E-state index >= 15 is 0 Å². The van der Waals surface area contributed by atoms with Crippen LogP contribution in [0.5, 0.6) is 0 Å². The van der Waals surface area contributed by atoms with Gasteiger partial charge in [0.25, 0.3) is 0 Å². The van der Waals surface area contributed by atoms with Gasteiger partial charge < -0.3 is 10.6 Å². The highest BCUT2D eigenvalue weighted by atomic mass is 32.2. The average Bonchev–Trinajstić information content (AvgIpc) is 2.88. The minimum atomic E-state index is 0.366. The summed E-state index contributed by atoms with van der Waals surface area (Å²) in [6, 6.07) is 0. The second kappa shape index (κ2) is 5.31. The Hall–Kier alpha value is -0.940. The third kappa shape index (κ3) is 2.38. The quantitative estimate of drug-likeness (QED) is 0.858. The molecule has 4 rings (SSSR count). The summed E-state index contributed by atoms with van der Waals surface area (Å²) in [7, 11) is 0. The molecule has 3 nitrogen and oxygen atoms in total. The van der Waals surface area contributed by atoms with Crippen molar-refractivity contribution in [1.82, 2.24) is 4.98 Å². The van der Waals surface area contributed by atoms with E-state index in [-0.39, 0.29) is 0 Å². The number of pyridine rings is 1. The van der Waals surface area contributed by atoms with Crippen LogP contribution >= 0.6 is 23.1 Å². The van der Waals surface area contributed by atoms with Crippen LogP contribution in [0.3, 0.4) is 0 Å². The fraction of sp³-hybridized carbons (Fsp3) is 0.588. The first-order chi connectivity index (χ1) is 10.6. The van der Waals surface area contributed by atoms with E-state index < -0.39 is 0 Å². The monoisotopic (exact) mass is 333 g/mol. The predicted octanol–water partition coefficient (Wildman–Crippen LogP) is 3.95. The van der Waals surface area contributed by atoms with Gasteiger partial charge in [0, 0.05) is 35.4 Å². The minimum Gasteiger partial charge on any atom is -0.397 e. The maximum atomic E-state index is 6.27. The largest absolute Gasteiger partial charge is 0.397 e. The predicted molar refractivity (Wildman–Crippen MR) is 99.4 cm³/mol. The number of hydrogen-bond donors (Lipinski definition) is 1. The molecule has 2 aliphatic rings. The highest BCUT2D eigenvalue weighted by molar-refractivity contribution is 7.99. The molecule has 1 fully saturated rings. The van der Waals surface area contributed by atoms with Crippen molar-refractivity contribution in [2.45, 2.75) is 33.1 Å². The van der Waals surface area contributed by atoms with E-state index in [0.29, 0.717) is 5.41 Å². The molecule has 1 aliphatic heterocycles. The Bertz CT molecular complexity index is 714. The van der Waals surface area contributed by atoms with Crippen molar-refractivity contribution in [3.8, 4) is 0 Å². The number of fused-ring (bicyclic) bond motifs is 3. The molecule has 0 radical (unpaired) electrons. The first-order valence-electron chi connectivity index (χ1n) is 8.06. The standard InChI is InChI=1S/C17H23N3S2/c1-17(2)4-3-11-12(9-17)14-13(18)10-22-16(14)19-15(11)20-5-7-21-8-6-20/h10H,3-9,18H2,1-2H3. The van der Waals surface area contributed by atoms with Gasteiger partial charge in [-0.3, -0.25) is 0 Å². The summed E-state index contributed by atoms with van der Waals surface area (Å²) >= 11 is 3.75. The molecule has 0 spiro atoms. The molecule has 0 aromatic carbocycles. The van der Waals surface area contributed by atoms with Gasteiger partial charge in [-0.15, -0.1) is 11.3 Å². The summed E-state index contributed by atoms with van der Waals surface area (Å²) in [4.78, 5) is 8.67. The zero-order chi connectivity index (χ0) is 15.3. The lowest BCUT2D eigenvalue weighted by atomic mass is 9.73. The van der Waals surface area contributed by atoms with Crippen LogP contribution in [0.2, 0.25) is 0 Å². The van der Waals surface area contributed by atoms with Crippen molar-refractivity contribution in [1.29, 1.82) is 0 Å². The maximum Gasteiger partial charge on any atom is 0.133 e. The fourth-order valence-corrected chi connectivity index (χ4v) is 5.48. The molecule has 3 heterocycles. The highest BCUT2D eigenvalue weighted by Crippen LogP contribution is 2.44. The van der Waals surface area contributed by atoms with Gasteiger partial charge in [-0.05, 0) is 35.8 Å². The number of nitrogen functional groups attached to an aromatic ring is 1. The number of hydrogen-bond acceptors (Lipinski definition) is 5. The summed E-state index contributed by atoms with van der Waals surface area (Å²) in [6.07, 6.45) is 3.50. The van der Waals surface area contributed by atoms with Crippen molar-refractivity contribution >= 4 is 44.8 Å². The first-order valence-corrected chi connectivity index (χ1v) is 10.1. The first kappa shape index (κ1) is 14.6. The van der Waals surface area contributed by atoms with Crippen LogP contribution in [0.4, 0.5) is 11.5 Å². The van der Waals surface area contributed by atoms with E-state index in [4.69, 9.17) is 10.7 Å². The molecule has 0 atom stereocenters. The lowest BCUT2D eigenvalue weighted by molar-refractivity contribution is 0.316. The van der Waals surface area contributed by atoms with E-state index in [2.05, 4.69) is 35.9 Å². The zero-order valence-electron chi connectivity index (χ0n) is 13.3. The summed E-state index contributed by atoms with van der Waals surface area (Å²) in [6.45, 7) is 7.00. The van der Waals surface area contributed by atoms with Crippen LogP contribution in [0.1, 0.15) is 31.4 Å². The molecule has 1 saturated heterocycles. The lowest BCUT2D eigenvalue weighted by Crippen LogP contribution is -2.35. The molecular weight excluding hydrogens is 310 g/mol. The van der Waals surface area contributed by atoms with Crippen LogP contribution in [0.25, 0.3) is 10.2 Å². The summed E-state index contributed by atoms with van der Waals surface area (Å²) in [5, 5.41) is 3.30. The Labute approximate surface area is 140 Å². The smallest absolute Gasteiger partial charge is 0.133 e. The molecule has 2 aromatic heterocycles. The van der Waals surface area contributed by atoms with E-state index in [0.717, 1.165) is 36.4 Å². The summed E-state index contributed by atoms with van der Waals surface area (Å²) in [5.41, 5.74) is 10.5. The van der Waals surface area contributed by atoms with Crippen molar-refractivity contribution in [3.05, 3.63) is 16.5 Å². The van der Waals surface area contributed by atoms with Gasteiger partial charge in [0.2, 0.25) is 0 Å². The summed E-state index contributed by atoms with van der Waals surface area (Å²) < 4.78 is 0. The van der Waals surface area contributed by atoms with Crippen LogP contribution in [0, 0.1) is 5.41 Å². The number of nitrogens with zero attached hydrogens (tertiary/aromatic N) is 2. The molecule has 2 aromatic rings. The number of anilines is 2. The van der Waals surface area contributed by atoms with Gasteiger partial charge in [-0.2, -0.15) is 11.8 Å². The molecule has 2 N–H and O–H groups in total. The molecule has 5 heteroatoms. The normalized spacial score (nSPS) is 21.1. The van der Waals surface area contributed by atoms with Gasteiger partial charge in [0.05, 0.1) is 5.69 Å². The highest BCUT2D eigenvalue weighted by Gasteiger charge is 2.31. The van der Waals surface area contributed by atoms with Crippen molar-refractivity contribution in [2.24, 2.45) is 5.41 Å². The van der Waals surface area contributed by atoms with Gasteiger partial charge in [0.1, 0.15) is 10.6 Å². The van der Waals surface area contributed by atoms with Gasteiger partial charge in [-0.1, -0.05) is 13.8 Å². The Morgan fingerprint density at radius 1 is 1.23 bits per heavy atom. The molecule has 0 amide bonds. The third-order valence-electron chi connectivity index (χ3n) is 4.96. The SMILES string of the molecule is CC1(C)CCc2c(N3CCSCC3)nc3scc(N)c3c2C1. The Morgan fingerprint density at radius 3 is 2.77 bits per heavy atom. The second-order valence-electron chi connectivity index (χ2n) is 7.20. The minimum absolute atomic E-state index is 0.366. The molecular formula is C17H23N3S2. The van der Waals surface area contributed by atoms with Crippen molar-refractivity contribution < 1.29 is 0 Å². The van der Waals surface area contributed by atoms with Gasteiger partial charge in [0.15, 0.2) is 0 Å². The van der Waals surface area contributed by atoms with Gasteiger partial charge >= 0.3 is 0 Å². The average molecular weight is 334 g/mol. The number of nitrogens with two attached hydrogens (primary N) is 1. The van der Waals surface area contributed by atoms with E-state index in [1.165, 1.54) is 40.3 Å². The van der Waals surface area contributed by atoms with Gasteiger partial charge in [-0.25, -0.2) is 4.98 Å². The lowest BCUT2D eigenvalue weighted by Gasteiger charge is -2.36. The Kier molecular flexibility index (Phi) is 3.53. The van der Waals surface area contributed by atoms with Crippen LogP contribution < -0.4 is 10.6 Å². The number of thioether (sulfide) groups is 1. The van der Waals surface area contributed by atoms with Crippen molar-refractivity contribution in [2.75, 3.05) is 35.2 Å². The van der Waals surface area contributed by atoms with Crippen LogP contribution in [-0.4, -0.2) is 29.6 Å². The molecule has 1 aliphatic carbocycles. The Morgan fingerprint density at radius 2 is 2.00 bits per heavy atom. The Balaban J connectivity index is 1.91. The topological polar surface area (TPSA) is 42.2 Å². The molecule has 0 bridgehead atoms. The second-order valence-corrected chi connectivity index (χ2v) is 9.29. The zero-order valence-corrected chi connectivity index (χ0v) is 14.9. The maximum absolute atomic E-state index is 6.27. The molecule has 22 heavy (non-hydrogen) atoms. The number of rotatable bonds is 1. The fourth-order valence-electron chi connectivity index (χ4n) is 3.72. The van der Waals surface area contributed by atoms with E-state index in [1.54, 1.807) is 11.3 Å². The van der Waals surface area contributed by atoms with E-state index in [1.807, 2.05) is 0 Å². The molecule has 0 saturated carbocycles. The van der Waals surface area contributed by atoms with Crippen molar-refractivity contribution in [3.63, 3.8) is 0 Å². The van der Waals surface area contributed by atoms with E-state index in [9.17, 15) is 0 Å². The molecule has 0 unspecified atom stereocenters. The summed E-state index contributed by atoms with van der Waals surface area (Å²) in [5.74, 6) is 3.68.